The Labute approximate surface area is 248 Å². The molecular weight excluding hydrogens is 520 g/mol. The standard InChI is InChI=1S/C38H38O4/c1-21(2)26-7-9-27(10-8-26)36(32-19-30(17-24(5)37(32)41)28-11-13-34(39)22(3)15-28)33-20-31(18-25(6)38(33)42)29-12-14-35(40)23(4)16-29/h7-21,36,39-42H,1-6H3. The van der Waals surface area contributed by atoms with Crippen molar-refractivity contribution in [3.05, 3.63) is 129 Å². The fraction of sp³-hybridized carbons (Fsp3) is 0.211. The summed E-state index contributed by atoms with van der Waals surface area (Å²) in [7, 11) is 0. The molecule has 0 unspecified atom stereocenters. The zero-order valence-electron chi connectivity index (χ0n) is 25.0. The SMILES string of the molecule is Cc1cc(-c2cc(C)c(O)c(C(c3ccc(C(C)C)cc3)c3cc(-c4ccc(O)c(C)c4)cc(C)c3O)c2)ccc1O. The van der Waals surface area contributed by atoms with Crippen molar-refractivity contribution in [2.24, 2.45) is 0 Å². The van der Waals surface area contributed by atoms with Gasteiger partial charge in [-0.1, -0.05) is 50.2 Å². The Morgan fingerprint density at radius 1 is 0.429 bits per heavy atom. The first-order valence-corrected chi connectivity index (χ1v) is 14.3. The number of hydrogen-bond donors (Lipinski definition) is 4. The van der Waals surface area contributed by atoms with Crippen LogP contribution in [0, 0.1) is 27.7 Å². The third kappa shape index (κ3) is 5.45. The summed E-state index contributed by atoms with van der Waals surface area (Å²) >= 11 is 0. The Hall–Kier alpha value is -4.70. The van der Waals surface area contributed by atoms with Crippen molar-refractivity contribution in [2.45, 2.75) is 53.4 Å². The Bertz CT molecular complexity index is 1670. The molecule has 5 rings (SSSR count). The predicted molar refractivity (Wildman–Crippen MR) is 171 cm³/mol. The van der Waals surface area contributed by atoms with Gasteiger partial charge in [-0.05, 0) is 138 Å². The van der Waals surface area contributed by atoms with Crippen molar-refractivity contribution in [3.63, 3.8) is 0 Å². The molecule has 4 nitrogen and oxygen atoms in total. The van der Waals surface area contributed by atoms with Crippen LogP contribution in [0.4, 0.5) is 0 Å². The first kappa shape index (κ1) is 28.8. The summed E-state index contributed by atoms with van der Waals surface area (Å²) in [6, 6.07) is 27.3. The van der Waals surface area contributed by atoms with Crippen molar-refractivity contribution in [2.75, 3.05) is 0 Å². The molecular formula is C38H38O4. The van der Waals surface area contributed by atoms with Gasteiger partial charge < -0.3 is 20.4 Å². The minimum Gasteiger partial charge on any atom is -0.508 e. The number of benzene rings is 5. The third-order valence-electron chi connectivity index (χ3n) is 8.28. The van der Waals surface area contributed by atoms with E-state index in [0.717, 1.165) is 50.1 Å². The molecule has 5 aromatic carbocycles. The van der Waals surface area contributed by atoms with E-state index in [1.54, 1.807) is 12.1 Å². The largest absolute Gasteiger partial charge is 0.508 e. The fourth-order valence-electron chi connectivity index (χ4n) is 5.66. The van der Waals surface area contributed by atoms with E-state index in [2.05, 4.69) is 38.1 Å². The molecule has 0 spiro atoms. The highest BCUT2D eigenvalue weighted by Crippen LogP contribution is 2.46. The quantitative estimate of drug-likeness (QED) is 0.157. The molecule has 0 aliphatic heterocycles. The monoisotopic (exact) mass is 558 g/mol. The molecule has 0 heterocycles. The van der Waals surface area contributed by atoms with Crippen LogP contribution in [0.15, 0.2) is 84.9 Å². The van der Waals surface area contributed by atoms with E-state index in [1.165, 1.54) is 5.56 Å². The van der Waals surface area contributed by atoms with Crippen molar-refractivity contribution in [1.82, 2.24) is 0 Å². The maximum absolute atomic E-state index is 11.6. The van der Waals surface area contributed by atoms with Crippen LogP contribution in [0.2, 0.25) is 0 Å². The minimum absolute atomic E-state index is 0.176. The van der Waals surface area contributed by atoms with Crippen molar-refractivity contribution >= 4 is 0 Å². The summed E-state index contributed by atoms with van der Waals surface area (Å²) in [4.78, 5) is 0. The summed E-state index contributed by atoms with van der Waals surface area (Å²) in [6.45, 7) is 11.8. The molecule has 0 saturated carbocycles. The van der Waals surface area contributed by atoms with Gasteiger partial charge in [0.2, 0.25) is 0 Å². The van der Waals surface area contributed by atoms with Gasteiger partial charge in [0.15, 0.2) is 0 Å². The van der Waals surface area contributed by atoms with Gasteiger partial charge in [0, 0.05) is 17.0 Å². The number of aryl methyl sites for hydroxylation is 4. The second-order valence-electron chi connectivity index (χ2n) is 11.7. The first-order chi connectivity index (χ1) is 19.9. The van der Waals surface area contributed by atoms with E-state index in [9.17, 15) is 20.4 Å². The summed E-state index contributed by atoms with van der Waals surface area (Å²) < 4.78 is 0. The van der Waals surface area contributed by atoms with Crippen LogP contribution >= 0.6 is 0 Å². The van der Waals surface area contributed by atoms with Crippen molar-refractivity contribution in [3.8, 4) is 45.3 Å². The molecule has 214 valence electrons. The van der Waals surface area contributed by atoms with Crippen LogP contribution in [0.25, 0.3) is 22.3 Å². The Morgan fingerprint density at radius 2 is 0.810 bits per heavy atom. The van der Waals surface area contributed by atoms with Crippen molar-refractivity contribution in [1.29, 1.82) is 0 Å². The maximum Gasteiger partial charge on any atom is 0.122 e. The molecule has 0 aliphatic rings. The second-order valence-corrected chi connectivity index (χ2v) is 11.7. The molecule has 0 saturated heterocycles. The normalized spacial score (nSPS) is 11.4. The lowest BCUT2D eigenvalue weighted by Gasteiger charge is -2.25. The number of hydrogen-bond acceptors (Lipinski definition) is 4. The Kier molecular flexibility index (Phi) is 7.74. The average molecular weight is 559 g/mol. The highest BCUT2D eigenvalue weighted by Gasteiger charge is 2.26. The molecule has 0 amide bonds. The zero-order valence-corrected chi connectivity index (χ0v) is 25.0. The molecule has 0 radical (unpaired) electrons. The van der Waals surface area contributed by atoms with Crippen LogP contribution < -0.4 is 0 Å². The Balaban J connectivity index is 1.78. The lowest BCUT2D eigenvalue weighted by molar-refractivity contribution is 0.454. The smallest absolute Gasteiger partial charge is 0.122 e. The highest BCUT2D eigenvalue weighted by molar-refractivity contribution is 5.73. The van der Waals surface area contributed by atoms with Crippen LogP contribution in [0.5, 0.6) is 23.0 Å². The van der Waals surface area contributed by atoms with Crippen LogP contribution in [-0.4, -0.2) is 20.4 Å². The minimum atomic E-state index is -0.472. The Morgan fingerprint density at radius 3 is 1.19 bits per heavy atom. The summed E-state index contributed by atoms with van der Waals surface area (Å²) in [5.74, 6) is 0.717. The van der Waals surface area contributed by atoms with Crippen molar-refractivity contribution < 1.29 is 20.4 Å². The maximum atomic E-state index is 11.6. The van der Waals surface area contributed by atoms with E-state index in [1.807, 2.05) is 76.2 Å². The summed E-state index contributed by atoms with van der Waals surface area (Å²) in [5.41, 5.74) is 10.2. The van der Waals surface area contributed by atoms with E-state index in [-0.39, 0.29) is 23.0 Å². The summed E-state index contributed by atoms with van der Waals surface area (Å²) in [5, 5.41) is 43.4. The topological polar surface area (TPSA) is 80.9 Å². The van der Waals surface area contributed by atoms with Gasteiger partial charge in [-0.25, -0.2) is 0 Å². The van der Waals surface area contributed by atoms with E-state index in [0.29, 0.717) is 17.0 Å². The van der Waals surface area contributed by atoms with Gasteiger partial charge >= 0.3 is 0 Å². The third-order valence-corrected chi connectivity index (χ3v) is 8.28. The van der Waals surface area contributed by atoms with Gasteiger partial charge in [-0.2, -0.15) is 0 Å². The van der Waals surface area contributed by atoms with E-state index >= 15 is 0 Å². The lowest BCUT2D eigenvalue weighted by atomic mass is 9.80. The van der Waals surface area contributed by atoms with E-state index in [4.69, 9.17) is 0 Å². The molecule has 42 heavy (non-hydrogen) atoms. The molecule has 0 fully saturated rings. The van der Waals surface area contributed by atoms with Gasteiger partial charge in [-0.3, -0.25) is 0 Å². The number of rotatable bonds is 6. The fourth-order valence-corrected chi connectivity index (χ4v) is 5.66. The molecule has 0 aliphatic carbocycles. The molecule has 0 aromatic heterocycles. The molecule has 5 aromatic rings. The lowest BCUT2D eigenvalue weighted by Crippen LogP contribution is -2.07. The first-order valence-electron chi connectivity index (χ1n) is 14.3. The molecule has 4 N–H and O–H groups in total. The predicted octanol–water partition coefficient (Wildman–Crippen LogP) is 9.38. The van der Waals surface area contributed by atoms with Crippen LogP contribution in [0.3, 0.4) is 0 Å². The average Bonchev–Trinajstić information content (AvgIpc) is 2.96. The van der Waals surface area contributed by atoms with Gasteiger partial charge in [0.25, 0.3) is 0 Å². The van der Waals surface area contributed by atoms with Gasteiger partial charge in [0.05, 0.1) is 0 Å². The number of phenols is 4. The second kappa shape index (κ2) is 11.3. The molecule has 0 atom stereocenters. The highest BCUT2D eigenvalue weighted by atomic mass is 16.3. The van der Waals surface area contributed by atoms with E-state index < -0.39 is 5.92 Å². The zero-order chi connectivity index (χ0) is 30.3. The van der Waals surface area contributed by atoms with Gasteiger partial charge in [0.1, 0.15) is 23.0 Å². The summed E-state index contributed by atoms with van der Waals surface area (Å²) in [6.07, 6.45) is 0. The molecule has 0 bridgehead atoms. The van der Waals surface area contributed by atoms with Crippen LogP contribution in [-0.2, 0) is 0 Å². The number of aromatic hydroxyl groups is 4. The van der Waals surface area contributed by atoms with Gasteiger partial charge in [-0.15, -0.1) is 0 Å². The molecule has 4 heteroatoms. The number of phenolic OH excluding ortho intramolecular Hbond substituents is 4. The van der Waals surface area contributed by atoms with Crippen LogP contribution in [0.1, 0.15) is 70.2 Å².